The lowest BCUT2D eigenvalue weighted by Gasteiger charge is -2.16. The Balaban J connectivity index is 1.81. The number of carbonyl (C=O) groups excluding carboxylic acids is 1. The zero-order chi connectivity index (χ0) is 17.1. The average Bonchev–Trinajstić information content (AvgIpc) is 2.98. The van der Waals surface area contributed by atoms with E-state index in [1.165, 1.54) is 6.20 Å². The van der Waals surface area contributed by atoms with Gasteiger partial charge in [-0.15, -0.1) is 10.2 Å². The highest BCUT2D eigenvalue weighted by Crippen LogP contribution is 2.14. The van der Waals surface area contributed by atoms with Gasteiger partial charge in [-0.25, -0.2) is 14.8 Å². The van der Waals surface area contributed by atoms with Gasteiger partial charge in [0.05, 0.1) is 24.4 Å². The Hall–Kier alpha value is -3.03. The van der Waals surface area contributed by atoms with Crippen molar-refractivity contribution < 1.29 is 9.53 Å². The van der Waals surface area contributed by atoms with Gasteiger partial charge in [-0.1, -0.05) is 6.07 Å². The monoisotopic (exact) mass is 326 g/mol. The van der Waals surface area contributed by atoms with Crippen LogP contribution in [-0.2, 0) is 11.3 Å². The molecule has 124 valence electrons. The third kappa shape index (κ3) is 3.03. The summed E-state index contributed by atoms with van der Waals surface area (Å²) in [5.74, 6) is 0.879. The molecule has 8 heteroatoms. The summed E-state index contributed by atoms with van der Waals surface area (Å²) in [6.45, 7) is 4.33. The summed E-state index contributed by atoms with van der Waals surface area (Å²) in [5.41, 5.74) is 1.74. The van der Waals surface area contributed by atoms with Crippen molar-refractivity contribution in [3.05, 3.63) is 47.7 Å². The zero-order valence-electron chi connectivity index (χ0n) is 13.8. The Morgan fingerprint density at radius 3 is 2.92 bits per heavy atom. The first-order valence-corrected chi connectivity index (χ1v) is 7.60. The molecule has 0 aliphatic heterocycles. The SMILES string of the molecule is CCOC(=O)c1cnc(N(C)Cc2nnc3ccccn23)nc1C. The lowest BCUT2D eigenvalue weighted by molar-refractivity contribution is 0.0524. The van der Waals surface area contributed by atoms with Crippen LogP contribution in [0.2, 0.25) is 0 Å². The lowest BCUT2D eigenvalue weighted by atomic mass is 10.2. The molecule has 0 amide bonds. The van der Waals surface area contributed by atoms with Gasteiger partial charge in [-0.05, 0) is 26.0 Å². The molecule has 3 aromatic rings. The third-order valence-corrected chi connectivity index (χ3v) is 3.57. The maximum Gasteiger partial charge on any atom is 0.341 e. The first kappa shape index (κ1) is 15.9. The highest BCUT2D eigenvalue weighted by Gasteiger charge is 2.15. The highest BCUT2D eigenvalue weighted by molar-refractivity contribution is 5.90. The molecular weight excluding hydrogens is 308 g/mol. The molecular formula is C16H18N6O2. The van der Waals surface area contributed by atoms with Crippen molar-refractivity contribution in [3.63, 3.8) is 0 Å². The number of ether oxygens (including phenoxy) is 1. The molecule has 3 rings (SSSR count). The second-order valence-electron chi connectivity index (χ2n) is 5.29. The first-order chi connectivity index (χ1) is 11.6. The maximum atomic E-state index is 11.8. The Kier molecular flexibility index (Phi) is 4.37. The van der Waals surface area contributed by atoms with Crippen molar-refractivity contribution in [2.75, 3.05) is 18.6 Å². The number of aromatic nitrogens is 5. The minimum Gasteiger partial charge on any atom is -0.462 e. The van der Waals surface area contributed by atoms with E-state index in [1.54, 1.807) is 13.8 Å². The number of nitrogens with zero attached hydrogens (tertiary/aromatic N) is 6. The van der Waals surface area contributed by atoms with E-state index in [0.29, 0.717) is 30.4 Å². The summed E-state index contributed by atoms with van der Waals surface area (Å²) in [5, 5.41) is 8.32. The minimum absolute atomic E-state index is 0.319. The Bertz CT molecular complexity index is 876. The van der Waals surface area contributed by atoms with E-state index in [4.69, 9.17) is 4.74 Å². The second kappa shape index (κ2) is 6.61. The summed E-state index contributed by atoms with van der Waals surface area (Å²) in [4.78, 5) is 22.3. The number of pyridine rings is 1. The number of hydrogen-bond donors (Lipinski definition) is 0. The molecule has 3 aromatic heterocycles. The molecule has 0 bridgehead atoms. The van der Waals surface area contributed by atoms with Crippen LogP contribution in [0.25, 0.3) is 5.65 Å². The lowest BCUT2D eigenvalue weighted by Crippen LogP contribution is -2.22. The quantitative estimate of drug-likeness (QED) is 0.659. The Morgan fingerprint density at radius 1 is 1.33 bits per heavy atom. The molecule has 0 saturated heterocycles. The van der Waals surface area contributed by atoms with Crippen LogP contribution in [0.3, 0.4) is 0 Å². The molecule has 0 spiro atoms. The molecule has 8 nitrogen and oxygen atoms in total. The Labute approximate surface area is 139 Å². The van der Waals surface area contributed by atoms with E-state index in [0.717, 1.165) is 11.5 Å². The number of fused-ring (bicyclic) bond motifs is 1. The molecule has 0 saturated carbocycles. The molecule has 0 atom stereocenters. The van der Waals surface area contributed by atoms with Crippen molar-refractivity contribution >= 4 is 17.6 Å². The fourth-order valence-electron chi connectivity index (χ4n) is 2.33. The third-order valence-electron chi connectivity index (χ3n) is 3.57. The number of aryl methyl sites for hydroxylation is 1. The summed E-state index contributed by atoms with van der Waals surface area (Å²) < 4.78 is 6.90. The normalized spacial score (nSPS) is 10.8. The van der Waals surface area contributed by atoms with Gasteiger partial charge in [0, 0.05) is 19.4 Å². The van der Waals surface area contributed by atoms with Crippen LogP contribution in [0.5, 0.6) is 0 Å². The predicted octanol–water partition coefficient (Wildman–Crippen LogP) is 1.64. The van der Waals surface area contributed by atoms with Crippen molar-refractivity contribution in [3.8, 4) is 0 Å². The minimum atomic E-state index is -0.410. The van der Waals surface area contributed by atoms with Gasteiger partial charge in [0.25, 0.3) is 0 Å². The van der Waals surface area contributed by atoms with Gasteiger partial charge in [-0.2, -0.15) is 0 Å². The van der Waals surface area contributed by atoms with Crippen LogP contribution < -0.4 is 4.90 Å². The van der Waals surface area contributed by atoms with Crippen molar-refractivity contribution in [2.45, 2.75) is 20.4 Å². The topological polar surface area (TPSA) is 85.5 Å². The first-order valence-electron chi connectivity index (χ1n) is 7.60. The van der Waals surface area contributed by atoms with Crippen LogP contribution in [0.15, 0.2) is 30.6 Å². The van der Waals surface area contributed by atoms with Crippen molar-refractivity contribution in [1.82, 2.24) is 24.6 Å². The molecule has 3 heterocycles. The van der Waals surface area contributed by atoms with E-state index in [-0.39, 0.29) is 0 Å². The number of rotatable bonds is 5. The molecule has 0 radical (unpaired) electrons. The number of hydrogen-bond acceptors (Lipinski definition) is 7. The fraction of sp³-hybridized carbons (Fsp3) is 0.312. The molecule has 0 aromatic carbocycles. The average molecular weight is 326 g/mol. The number of anilines is 1. The largest absolute Gasteiger partial charge is 0.462 e. The smallest absolute Gasteiger partial charge is 0.341 e. The van der Waals surface area contributed by atoms with Crippen LogP contribution >= 0.6 is 0 Å². The van der Waals surface area contributed by atoms with Crippen LogP contribution in [-0.4, -0.2) is 44.2 Å². The Morgan fingerprint density at radius 2 is 2.17 bits per heavy atom. The predicted molar refractivity (Wildman–Crippen MR) is 87.8 cm³/mol. The molecule has 24 heavy (non-hydrogen) atoms. The van der Waals surface area contributed by atoms with Gasteiger partial charge in [0.15, 0.2) is 11.5 Å². The fourth-order valence-corrected chi connectivity index (χ4v) is 2.33. The summed E-state index contributed by atoms with van der Waals surface area (Å²) >= 11 is 0. The van der Waals surface area contributed by atoms with Gasteiger partial charge in [0.1, 0.15) is 0 Å². The summed E-state index contributed by atoms with van der Waals surface area (Å²) in [6, 6.07) is 5.73. The molecule has 0 unspecified atom stereocenters. The summed E-state index contributed by atoms with van der Waals surface area (Å²) in [6.07, 6.45) is 3.41. The van der Waals surface area contributed by atoms with E-state index in [2.05, 4.69) is 20.2 Å². The molecule has 0 aliphatic carbocycles. The highest BCUT2D eigenvalue weighted by atomic mass is 16.5. The molecule has 0 fully saturated rings. The van der Waals surface area contributed by atoms with Crippen molar-refractivity contribution in [1.29, 1.82) is 0 Å². The van der Waals surface area contributed by atoms with E-state index < -0.39 is 5.97 Å². The number of carbonyl (C=O) groups is 1. The van der Waals surface area contributed by atoms with E-state index >= 15 is 0 Å². The van der Waals surface area contributed by atoms with E-state index in [1.807, 2.05) is 40.7 Å². The van der Waals surface area contributed by atoms with Crippen LogP contribution in [0, 0.1) is 6.92 Å². The van der Waals surface area contributed by atoms with Crippen molar-refractivity contribution in [2.24, 2.45) is 0 Å². The van der Waals surface area contributed by atoms with Gasteiger partial charge in [-0.3, -0.25) is 4.40 Å². The molecule has 0 N–H and O–H groups in total. The standard InChI is InChI=1S/C16H18N6O2/c1-4-24-15(23)12-9-17-16(18-11(12)2)21(3)10-14-20-19-13-7-5-6-8-22(13)14/h5-9H,4,10H2,1-3H3. The maximum absolute atomic E-state index is 11.8. The zero-order valence-corrected chi connectivity index (χ0v) is 13.8. The van der Waals surface area contributed by atoms with Gasteiger partial charge < -0.3 is 9.64 Å². The van der Waals surface area contributed by atoms with E-state index in [9.17, 15) is 4.79 Å². The number of esters is 1. The molecule has 0 aliphatic rings. The van der Waals surface area contributed by atoms with Crippen LogP contribution in [0.1, 0.15) is 28.8 Å². The van der Waals surface area contributed by atoms with Gasteiger partial charge in [0.2, 0.25) is 5.95 Å². The van der Waals surface area contributed by atoms with Crippen LogP contribution in [0.4, 0.5) is 5.95 Å². The van der Waals surface area contributed by atoms with Gasteiger partial charge >= 0.3 is 5.97 Å². The summed E-state index contributed by atoms with van der Waals surface area (Å²) in [7, 11) is 1.86. The second-order valence-corrected chi connectivity index (χ2v) is 5.29.